The Balaban J connectivity index is 2.01. The zero-order valence-electron chi connectivity index (χ0n) is 14.0. The molecule has 1 aliphatic rings. The molecule has 1 aliphatic heterocycles. The molecule has 0 saturated carbocycles. The molecule has 2 atom stereocenters. The summed E-state index contributed by atoms with van der Waals surface area (Å²) >= 11 is 0. The van der Waals surface area contributed by atoms with Crippen LogP contribution in [0.3, 0.4) is 0 Å². The summed E-state index contributed by atoms with van der Waals surface area (Å²) in [6.07, 6.45) is 1.09. The molecule has 134 valence electrons. The van der Waals surface area contributed by atoms with E-state index in [1.54, 1.807) is 6.92 Å². The predicted octanol–water partition coefficient (Wildman–Crippen LogP) is 0.954. The Labute approximate surface area is 141 Å². The number of carbonyl (C=O) groups is 2. The van der Waals surface area contributed by atoms with Crippen molar-refractivity contribution in [3.05, 3.63) is 17.5 Å². The number of rotatable bonds is 6. The maximum absolute atomic E-state index is 12.5. The van der Waals surface area contributed by atoms with E-state index in [0.717, 1.165) is 0 Å². The molecule has 8 nitrogen and oxygen atoms in total. The van der Waals surface area contributed by atoms with Crippen molar-refractivity contribution in [2.45, 2.75) is 45.7 Å². The van der Waals surface area contributed by atoms with E-state index in [1.807, 2.05) is 13.8 Å². The van der Waals surface area contributed by atoms with Crippen LogP contribution in [0.2, 0.25) is 0 Å². The molecular formula is C15H22N2O6S. The minimum Gasteiger partial charge on any atom is -0.450 e. The van der Waals surface area contributed by atoms with E-state index in [4.69, 9.17) is 9.26 Å². The second kappa shape index (κ2) is 7.33. The van der Waals surface area contributed by atoms with Crippen molar-refractivity contribution in [3.63, 3.8) is 0 Å². The van der Waals surface area contributed by atoms with Gasteiger partial charge in [-0.3, -0.25) is 4.79 Å². The zero-order valence-corrected chi connectivity index (χ0v) is 14.8. The minimum absolute atomic E-state index is 0.0433. The molecule has 0 radical (unpaired) electrons. The van der Waals surface area contributed by atoms with Crippen LogP contribution in [0.1, 0.15) is 42.9 Å². The molecule has 0 unspecified atom stereocenters. The maximum atomic E-state index is 12.5. The van der Waals surface area contributed by atoms with Gasteiger partial charge in [-0.1, -0.05) is 12.1 Å². The first kappa shape index (κ1) is 18.4. The number of ether oxygens (including phenoxy) is 1. The fraction of sp³-hybridized carbons (Fsp3) is 0.667. The number of aryl methyl sites for hydroxylation is 1. The number of sulfone groups is 1. The SMILES string of the molecule is CC[C@H](C)N(C(=O)COC(=O)c1cc(C)no1)[C@@H]1CCS(=O)(=O)C1. The fourth-order valence-electron chi connectivity index (χ4n) is 2.73. The highest BCUT2D eigenvalue weighted by Crippen LogP contribution is 2.21. The molecule has 1 amide bonds. The van der Waals surface area contributed by atoms with Crippen LogP contribution in [0.15, 0.2) is 10.6 Å². The average Bonchev–Trinajstić information content (AvgIpc) is 3.10. The van der Waals surface area contributed by atoms with Crippen LogP contribution in [0.4, 0.5) is 0 Å². The third-order valence-electron chi connectivity index (χ3n) is 4.11. The molecule has 0 aliphatic carbocycles. The monoisotopic (exact) mass is 358 g/mol. The maximum Gasteiger partial charge on any atom is 0.377 e. The summed E-state index contributed by atoms with van der Waals surface area (Å²) in [5, 5.41) is 3.58. The Morgan fingerprint density at radius 3 is 2.71 bits per heavy atom. The highest BCUT2D eigenvalue weighted by atomic mass is 32.2. The van der Waals surface area contributed by atoms with Crippen molar-refractivity contribution in [1.82, 2.24) is 10.1 Å². The number of hydrogen-bond acceptors (Lipinski definition) is 7. The van der Waals surface area contributed by atoms with Crippen molar-refractivity contribution in [2.75, 3.05) is 18.1 Å². The lowest BCUT2D eigenvalue weighted by atomic mass is 10.1. The van der Waals surface area contributed by atoms with Gasteiger partial charge < -0.3 is 14.2 Å². The summed E-state index contributed by atoms with van der Waals surface area (Å²) in [6, 6.07) is 0.911. The smallest absolute Gasteiger partial charge is 0.377 e. The van der Waals surface area contributed by atoms with Gasteiger partial charge in [0.2, 0.25) is 5.76 Å². The van der Waals surface area contributed by atoms with Gasteiger partial charge >= 0.3 is 5.97 Å². The summed E-state index contributed by atoms with van der Waals surface area (Å²) in [5.74, 6) is -1.21. The van der Waals surface area contributed by atoms with Gasteiger partial charge in [-0.25, -0.2) is 13.2 Å². The van der Waals surface area contributed by atoms with E-state index in [-0.39, 0.29) is 29.3 Å². The van der Waals surface area contributed by atoms with E-state index in [9.17, 15) is 18.0 Å². The van der Waals surface area contributed by atoms with Gasteiger partial charge in [0.15, 0.2) is 16.4 Å². The molecule has 0 bridgehead atoms. The normalized spacial score (nSPS) is 20.5. The molecule has 1 fully saturated rings. The van der Waals surface area contributed by atoms with Crippen LogP contribution in [-0.4, -0.2) is 60.5 Å². The molecule has 1 aromatic heterocycles. The molecule has 0 aromatic carbocycles. The largest absolute Gasteiger partial charge is 0.450 e. The van der Waals surface area contributed by atoms with Crippen molar-refractivity contribution >= 4 is 21.7 Å². The van der Waals surface area contributed by atoms with Crippen molar-refractivity contribution in [1.29, 1.82) is 0 Å². The van der Waals surface area contributed by atoms with Gasteiger partial charge in [-0.15, -0.1) is 0 Å². The number of aromatic nitrogens is 1. The Morgan fingerprint density at radius 1 is 1.50 bits per heavy atom. The molecule has 9 heteroatoms. The molecular weight excluding hydrogens is 336 g/mol. The zero-order chi connectivity index (χ0) is 17.9. The fourth-order valence-corrected chi connectivity index (χ4v) is 4.44. The third kappa shape index (κ3) is 4.34. The van der Waals surface area contributed by atoms with Crippen molar-refractivity contribution in [2.24, 2.45) is 0 Å². The molecule has 2 rings (SSSR count). The average molecular weight is 358 g/mol. The van der Waals surface area contributed by atoms with Crippen molar-refractivity contribution in [3.8, 4) is 0 Å². The summed E-state index contributed by atoms with van der Waals surface area (Å²) in [6.45, 7) is 4.97. The first-order valence-corrected chi connectivity index (χ1v) is 9.67. The van der Waals surface area contributed by atoms with E-state index < -0.39 is 28.3 Å². The highest BCUT2D eigenvalue weighted by Gasteiger charge is 2.36. The summed E-state index contributed by atoms with van der Waals surface area (Å²) in [7, 11) is -3.11. The van der Waals surface area contributed by atoms with Gasteiger partial charge in [0.1, 0.15) is 0 Å². The van der Waals surface area contributed by atoms with Gasteiger partial charge in [-0.2, -0.15) is 0 Å². The topological polar surface area (TPSA) is 107 Å². The second-order valence-corrected chi connectivity index (χ2v) is 8.25. The van der Waals surface area contributed by atoms with E-state index in [1.165, 1.54) is 11.0 Å². The lowest BCUT2D eigenvalue weighted by Crippen LogP contribution is -2.48. The number of hydrogen-bond donors (Lipinski definition) is 0. The Kier molecular flexibility index (Phi) is 5.63. The summed E-state index contributed by atoms with van der Waals surface area (Å²) < 4.78 is 33.1. The van der Waals surface area contributed by atoms with Gasteiger partial charge in [0.05, 0.1) is 17.2 Å². The Bertz CT molecular complexity index is 711. The third-order valence-corrected chi connectivity index (χ3v) is 5.86. The molecule has 0 spiro atoms. The van der Waals surface area contributed by atoms with Crippen molar-refractivity contribution < 1.29 is 27.3 Å². The molecule has 1 saturated heterocycles. The number of carbonyl (C=O) groups excluding carboxylic acids is 2. The van der Waals surface area contributed by atoms with Crippen LogP contribution < -0.4 is 0 Å². The number of amides is 1. The van der Waals surface area contributed by atoms with E-state index in [2.05, 4.69) is 5.16 Å². The van der Waals surface area contributed by atoms with Crippen LogP contribution in [0.5, 0.6) is 0 Å². The number of esters is 1. The van der Waals surface area contributed by atoms with Crippen LogP contribution in [-0.2, 0) is 19.4 Å². The van der Waals surface area contributed by atoms with Crippen LogP contribution >= 0.6 is 0 Å². The predicted molar refractivity (Wildman–Crippen MR) is 85.2 cm³/mol. The minimum atomic E-state index is -3.11. The van der Waals surface area contributed by atoms with Crippen LogP contribution in [0, 0.1) is 6.92 Å². The summed E-state index contributed by atoms with van der Waals surface area (Å²) in [4.78, 5) is 25.8. The lowest BCUT2D eigenvalue weighted by Gasteiger charge is -2.33. The Hall–Kier alpha value is -1.90. The molecule has 1 aromatic rings. The van der Waals surface area contributed by atoms with Gasteiger partial charge in [0, 0.05) is 18.2 Å². The van der Waals surface area contributed by atoms with Gasteiger partial charge in [0.25, 0.3) is 5.91 Å². The summed E-state index contributed by atoms with van der Waals surface area (Å²) in [5.41, 5.74) is 0.533. The van der Waals surface area contributed by atoms with Crippen LogP contribution in [0.25, 0.3) is 0 Å². The number of nitrogens with zero attached hydrogens (tertiary/aromatic N) is 2. The standard InChI is InChI=1S/C15H22N2O6S/c1-4-11(3)17(12-5-6-24(20,21)9-12)14(18)8-22-15(19)13-7-10(2)16-23-13/h7,11-12H,4-6,8-9H2,1-3H3/t11-,12+/m0/s1. The second-order valence-electron chi connectivity index (χ2n) is 6.02. The highest BCUT2D eigenvalue weighted by molar-refractivity contribution is 7.91. The molecule has 2 heterocycles. The quantitative estimate of drug-likeness (QED) is 0.697. The molecule has 24 heavy (non-hydrogen) atoms. The van der Waals surface area contributed by atoms with E-state index >= 15 is 0 Å². The van der Waals surface area contributed by atoms with E-state index in [0.29, 0.717) is 18.5 Å². The van der Waals surface area contributed by atoms with Gasteiger partial charge in [-0.05, 0) is 26.7 Å². The Morgan fingerprint density at radius 2 is 2.21 bits per heavy atom. The molecule has 0 N–H and O–H groups in total. The first-order chi connectivity index (χ1) is 11.2. The first-order valence-electron chi connectivity index (χ1n) is 7.85. The lowest BCUT2D eigenvalue weighted by molar-refractivity contribution is -0.138.